The normalized spacial score (nSPS) is 19.0. The van der Waals surface area contributed by atoms with E-state index >= 15 is 0 Å². The van der Waals surface area contributed by atoms with Gasteiger partial charge in [0.2, 0.25) is 11.8 Å². The highest BCUT2D eigenvalue weighted by molar-refractivity contribution is 7.99. The van der Waals surface area contributed by atoms with Gasteiger partial charge in [-0.05, 0) is 29.8 Å². The maximum Gasteiger partial charge on any atom is 0.245 e. The number of amidine groups is 1. The van der Waals surface area contributed by atoms with Crippen LogP contribution in [0.1, 0.15) is 25.0 Å². The summed E-state index contributed by atoms with van der Waals surface area (Å²) in [5.74, 6) is 1.15. The van der Waals surface area contributed by atoms with E-state index in [1.54, 1.807) is 0 Å². The molecular weight excluding hydrogens is 382 g/mol. The van der Waals surface area contributed by atoms with Crippen LogP contribution in [0.5, 0.6) is 0 Å². The van der Waals surface area contributed by atoms with Crippen LogP contribution >= 0.6 is 11.8 Å². The topological polar surface area (TPSA) is 73.1 Å². The van der Waals surface area contributed by atoms with Gasteiger partial charge in [-0.25, -0.2) is 10.4 Å². The molecule has 2 aromatic carbocycles. The van der Waals surface area contributed by atoms with Gasteiger partial charge in [0.15, 0.2) is 11.5 Å². The van der Waals surface area contributed by atoms with Gasteiger partial charge in [0.1, 0.15) is 0 Å². The maximum absolute atomic E-state index is 8.44. The van der Waals surface area contributed by atoms with Gasteiger partial charge >= 0.3 is 0 Å². The van der Waals surface area contributed by atoms with Crippen LogP contribution in [0.4, 0.5) is 0 Å². The lowest BCUT2D eigenvalue weighted by Gasteiger charge is -2.27. The predicted octanol–water partition coefficient (Wildman–Crippen LogP) is 4.05. The van der Waals surface area contributed by atoms with E-state index in [4.69, 9.17) is 15.1 Å². The predicted molar refractivity (Wildman–Crippen MR) is 119 cm³/mol. The zero-order valence-electron chi connectivity index (χ0n) is 16.6. The second-order valence-corrected chi connectivity index (χ2v) is 8.78. The molecule has 0 atom stereocenters. The molecule has 0 saturated carbocycles. The molecule has 0 aromatic heterocycles. The minimum atomic E-state index is 0.299. The van der Waals surface area contributed by atoms with Crippen LogP contribution in [0.15, 0.2) is 81.2 Å². The molecule has 2 N–H and O–H groups in total. The molecular formula is C22H23N5OS. The van der Waals surface area contributed by atoms with Crippen molar-refractivity contribution in [3.63, 3.8) is 0 Å². The Morgan fingerprint density at radius 3 is 2.48 bits per heavy atom. The smallest absolute Gasteiger partial charge is 0.245 e. The van der Waals surface area contributed by atoms with Crippen LogP contribution in [0, 0.1) is 5.41 Å². The summed E-state index contributed by atoms with van der Waals surface area (Å²) < 4.78 is 5.89. The van der Waals surface area contributed by atoms with Crippen LogP contribution in [0.2, 0.25) is 0 Å². The molecule has 29 heavy (non-hydrogen) atoms. The average Bonchev–Trinajstić information content (AvgIpc) is 3.21. The summed E-state index contributed by atoms with van der Waals surface area (Å²) in [4.78, 5) is 7.84. The molecule has 6 nitrogen and oxygen atoms in total. The Hall–Kier alpha value is -3.06. The largest absolute Gasteiger partial charge is 0.417 e. The highest BCUT2D eigenvalue weighted by Gasteiger charge is 2.28. The average molecular weight is 406 g/mol. The minimum absolute atomic E-state index is 0.299. The van der Waals surface area contributed by atoms with E-state index < -0.39 is 0 Å². The minimum Gasteiger partial charge on any atom is -0.417 e. The Labute approximate surface area is 174 Å². The fourth-order valence-electron chi connectivity index (χ4n) is 3.07. The highest BCUT2D eigenvalue weighted by atomic mass is 32.2. The van der Waals surface area contributed by atoms with E-state index in [1.807, 2.05) is 54.0 Å². The Kier molecular flexibility index (Phi) is 5.40. The van der Waals surface area contributed by atoms with Gasteiger partial charge in [-0.2, -0.15) is 0 Å². The third-order valence-corrected chi connectivity index (χ3v) is 5.51. The van der Waals surface area contributed by atoms with E-state index in [1.165, 1.54) is 4.90 Å². The Morgan fingerprint density at radius 1 is 1.07 bits per heavy atom. The summed E-state index contributed by atoms with van der Waals surface area (Å²) in [6.45, 7) is 4.94. The SMILES string of the molecule is CC(C)Sc1ccc(C2=NC(=C3NN=C(c4ccccc4)O3)C(=N)N(C)C2)cc1. The molecule has 0 unspecified atom stereocenters. The molecule has 4 rings (SSSR count). The molecule has 148 valence electrons. The van der Waals surface area contributed by atoms with Crippen molar-refractivity contribution in [3.05, 3.63) is 77.3 Å². The van der Waals surface area contributed by atoms with Gasteiger partial charge in [-0.15, -0.1) is 16.9 Å². The summed E-state index contributed by atoms with van der Waals surface area (Å²) in [6, 6.07) is 18.1. The molecule has 0 radical (unpaired) electrons. The first-order valence-corrected chi connectivity index (χ1v) is 10.3. The second-order valence-electron chi connectivity index (χ2n) is 7.13. The van der Waals surface area contributed by atoms with E-state index in [0.29, 0.717) is 35.1 Å². The number of nitrogens with one attached hydrogen (secondary N) is 2. The van der Waals surface area contributed by atoms with Gasteiger partial charge in [0, 0.05) is 22.8 Å². The zero-order valence-corrected chi connectivity index (χ0v) is 17.5. The number of hydrogen-bond donors (Lipinski definition) is 2. The monoisotopic (exact) mass is 405 g/mol. The van der Waals surface area contributed by atoms with Crippen LogP contribution in [-0.4, -0.2) is 41.2 Å². The highest BCUT2D eigenvalue weighted by Crippen LogP contribution is 2.25. The number of rotatable bonds is 4. The van der Waals surface area contributed by atoms with Crippen molar-refractivity contribution in [3.8, 4) is 0 Å². The van der Waals surface area contributed by atoms with Gasteiger partial charge in [-0.1, -0.05) is 44.2 Å². The lowest BCUT2D eigenvalue weighted by molar-refractivity contribution is 0.408. The molecule has 0 aliphatic carbocycles. The van der Waals surface area contributed by atoms with E-state index in [2.05, 4.69) is 48.6 Å². The van der Waals surface area contributed by atoms with Crippen LogP contribution in [0.3, 0.4) is 0 Å². The lowest BCUT2D eigenvalue weighted by atomic mass is 10.1. The standard InChI is InChI=1S/C22H23N5OS/c1-14(2)29-17-11-9-15(10-12-17)18-13-27(3)20(23)19(24-18)22-26-25-21(28-22)16-7-5-4-6-8-16/h4-12,14,23,26H,13H2,1-3H3. The summed E-state index contributed by atoms with van der Waals surface area (Å²) in [6.07, 6.45) is 0. The summed E-state index contributed by atoms with van der Waals surface area (Å²) in [5, 5.41) is 13.2. The van der Waals surface area contributed by atoms with Crippen molar-refractivity contribution in [2.45, 2.75) is 24.0 Å². The Balaban J connectivity index is 1.62. The van der Waals surface area contributed by atoms with E-state index in [0.717, 1.165) is 16.8 Å². The van der Waals surface area contributed by atoms with Gasteiger partial charge in [0.05, 0.1) is 12.3 Å². The molecule has 2 aliphatic rings. The molecule has 2 aromatic rings. The fourth-order valence-corrected chi connectivity index (χ4v) is 3.91. The third kappa shape index (κ3) is 4.19. The molecule has 0 saturated heterocycles. The molecule has 0 fully saturated rings. The van der Waals surface area contributed by atoms with Crippen molar-refractivity contribution >= 4 is 29.2 Å². The van der Waals surface area contributed by atoms with E-state index in [-0.39, 0.29) is 0 Å². The first-order chi connectivity index (χ1) is 14.0. The number of benzene rings is 2. The quantitative estimate of drug-likeness (QED) is 0.753. The third-order valence-electron chi connectivity index (χ3n) is 4.49. The van der Waals surface area contributed by atoms with Crippen molar-refractivity contribution < 1.29 is 4.74 Å². The van der Waals surface area contributed by atoms with Crippen molar-refractivity contribution in [1.82, 2.24) is 10.3 Å². The van der Waals surface area contributed by atoms with Crippen LogP contribution in [-0.2, 0) is 4.74 Å². The Bertz CT molecular complexity index is 1010. The number of nitrogens with zero attached hydrogens (tertiary/aromatic N) is 3. The van der Waals surface area contributed by atoms with Crippen LogP contribution in [0.25, 0.3) is 0 Å². The molecule has 2 aliphatic heterocycles. The molecule has 2 heterocycles. The maximum atomic E-state index is 8.44. The number of aliphatic imine (C=N–C) groups is 1. The zero-order chi connectivity index (χ0) is 20.4. The summed E-state index contributed by atoms with van der Waals surface area (Å²) in [7, 11) is 1.88. The summed E-state index contributed by atoms with van der Waals surface area (Å²) in [5.41, 5.74) is 6.15. The molecule has 7 heteroatoms. The van der Waals surface area contributed by atoms with Crippen molar-refractivity contribution in [1.29, 1.82) is 5.41 Å². The second kappa shape index (κ2) is 8.13. The number of hydrazone groups is 1. The molecule has 0 amide bonds. The molecule has 0 bridgehead atoms. The molecule has 0 spiro atoms. The first kappa shape index (κ1) is 19.3. The van der Waals surface area contributed by atoms with Crippen molar-refractivity contribution in [2.75, 3.05) is 13.6 Å². The fraction of sp³-hybridized carbons (Fsp3) is 0.227. The van der Waals surface area contributed by atoms with Gasteiger partial charge in [0.25, 0.3) is 0 Å². The van der Waals surface area contributed by atoms with Crippen LogP contribution < -0.4 is 5.43 Å². The lowest BCUT2D eigenvalue weighted by Crippen LogP contribution is -2.38. The number of likely N-dealkylation sites (N-methyl/N-ethyl adjacent to an activating group) is 1. The Morgan fingerprint density at radius 2 is 1.79 bits per heavy atom. The van der Waals surface area contributed by atoms with Gasteiger partial charge < -0.3 is 9.64 Å². The van der Waals surface area contributed by atoms with E-state index in [9.17, 15) is 0 Å². The summed E-state index contributed by atoms with van der Waals surface area (Å²) >= 11 is 1.83. The van der Waals surface area contributed by atoms with Gasteiger partial charge in [-0.3, -0.25) is 5.41 Å². The first-order valence-electron chi connectivity index (χ1n) is 9.47. The number of thioether (sulfide) groups is 1. The van der Waals surface area contributed by atoms with Crippen molar-refractivity contribution in [2.24, 2.45) is 10.1 Å². The number of hydrogen-bond acceptors (Lipinski definition) is 6. The number of ether oxygens (including phenoxy) is 1.